The van der Waals surface area contributed by atoms with E-state index in [0.29, 0.717) is 26.0 Å². The second-order valence-electron chi connectivity index (χ2n) is 5.35. The minimum Gasteiger partial charge on any atom is -0.480 e. The smallest absolute Gasteiger partial charge is 0.329 e. The summed E-state index contributed by atoms with van der Waals surface area (Å²) in [6.07, 6.45) is 3.99. The molecule has 3 N–H and O–H groups in total. The zero-order valence-corrected chi connectivity index (χ0v) is 12.4. The molecule has 20 heavy (non-hydrogen) atoms. The van der Waals surface area contributed by atoms with Crippen LogP contribution in [0.15, 0.2) is 0 Å². The molecule has 0 aliphatic heterocycles. The fourth-order valence-corrected chi connectivity index (χ4v) is 1.95. The lowest BCUT2D eigenvalue weighted by atomic mass is 9.93. The summed E-state index contributed by atoms with van der Waals surface area (Å²) in [5.41, 5.74) is -1.17. The van der Waals surface area contributed by atoms with Gasteiger partial charge in [-0.25, -0.2) is 9.59 Å². The molecule has 0 spiro atoms. The molecule has 0 unspecified atom stereocenters. The van der Waals surface area contributed by atoms with E-state index in [4.69, 9.17) is 4.74 Å². The molecule has 0 radical (unpaired) electrons. The third-order valence-corrected chi connectivity index (χ3v) is 3.77. The molecule has 0 aromatic heterocycles. The van der Waals surface area contributed by atoms with Gasteiger partial charge in [0.15, 0.2) is 0 Å². The monoisotopic (exact) mass is 286 g/mol. The Morgan fingerprint density at radius 2 is 1.95 bits per heavy atom. The molecule has 0 heterocycles. The maximum Gasteiger partial charge on any atom is 0.329 e. The number of urea groups is 1. The Morgan fingerprint density at radius 3 is 2.45 bits per heavy atom. The maximum atomic E-state index is 11.7. The van der Waals surface area contributed by atoms with E-state index >= 15 is 0 Å². The SMILES string of the molecule is CCC(CC)(NC(=O)NCCCOCC1CC1)C(=O)O. The van der Waals surface area contributed by atoms with E-state index in [0.717, 1.165) is 18.9 Å². The molecule has 0 aromatic carbocycles. The normalized spacial score (nSPS) is 14.9. The molecule has 116 valence electrons. The molecule has 0 bridgehead atoms. The van der Waals surface area contributed by atoms with Crippen LogP contribution in [0.5, 0.6) is 0 Å². The number of amides is 2. The van der Waals surface area contributed by atoms with Gasteiger partial charge < -0.3 is 20.5 Å². The Balaban J connectivity index is 2.15. The zero-order valence-electron chi connectivity index (χ0n) is 12.4. The highest BCUT2D eigenvalue weighted by atomic mass is 16.5. The first-order valence-electron chi connectivity index (χ1n) is 7.41. The molecule has 6 nitrogen and oxygen atoms in total. The van der Waals surface area contributed by atoms with Gasteiger partial charge in [0.25, 0.3) is 0 Å². The Kier molecular flexibility index (Phi) is 6.78. The van der Waals surface area contributed by atoms with Crippen LogP contribution in [0.1, 0.15) is 46.0 Å². The zero-order chi connectivity index (χ0) is 15.0. The summed E-state index contributed by atoms with van der Waals surface area (Å²) < 4.78 is 5.46. The van der Waals surface area contributed by atoms with Crippen molar-refractivity contribution >= 4 is 12.0 Å². The molecule has 0 atom stereocenters. The van der Waals surface area contributed by atoms with Crippen molar-refractivity contribution in [1.29, 1.82) is 0 Å². The van der Waals surface area contributed by atoms with Crippen molar-refractivity contribution < 1.29 is 19.4 Å². The van der Waals surface area contributed by atoms with E-state index in [2.05, 4.69) is 10.6 Å². The molecule has 1 fully saturated rings. The van der Waals surface area contributed by atoms with Crippen LogP contribution in [-0.4, -0.2) is 42.4 Å². The number of carboxylic acid groups (broad SMARTS) is 1. The molecule has 1 saturated carbocycles. The summed E-state index contributed by atoms with van der Waals surface area (Å²) in [4.78, 5) is 22.9. The van der Waals surface area contributed by atoms with Gasteiger partial charge in [-0.1, -0.05) is 13.8 Å². The standard InChI is InChI=1S/C14H26N2O4/c1-3-14(4-2,12(17)18)16-13(19)15-8-5-9-20-10-11-6-7-11/h11H,3-10H2,1-2H3,(H,17,18)(H2,15,16,19). The molecule has 2 amide bonds. The molecular weight excluding hydrogens is 260 g/mol. The molecule has 0 aromatic rings. The Hall–Kier alpha value is -1.30. The third kappa shape index (κ3) is 5.36. The number of hydrogen-bond donors (Lipinski definition) is 3. The minimum atomic E-state index is -1.17. The Labute approximate surface area is 120 Å². The summed E-state index contributed by atoms with van der Waals surface area (Å²) in [7, 11) is 0. The van der Waals surface area contributed by atoms with Crippen LogP contribution in [0.2, 0.25) is 0 Å². The first-order chi connectivity index (χ1) is 9.54. The number of aliphatic carboxylic acids is 1. The van der Waals surface area contributed by atoms with Crippen LogP contribution in [-0.2, 0) is 9.53 Å². The molecular formula is C14H26N2O4. The number of carboxylic acids is 1. The number of carbonyl (C=O) groups excluding carboxylic acids is 1. The van der Waals surface area contributed by atoms with Gasteiger partial charge in [0, 0.05) is 19.8 Å². The van der Waals surface area contributed by atoms with E-state index < -0.39 is 17.5 Å². The predicted molar refractivity (Wildman–Crippen MR) is 75.6 cm³/mol. The quantitative estimate of drug-likeness (QED) is 0.534. The fourth-order valence-electron chi connectivity index (χ4n) is 1.95. The van der Waals surface area contributed by atoms with Crippen LogP contribution in [0.25, 0.3) is 0 Å². The van der Waals surface area contributed by atoms with Gasteiger partial charge in [-0.15, -0.1) is 0 Å². The van der Waals surface area contributed by atoms with Gasteiger partial charge in [0.1, 0.15) is 5.54 Å². The van der Waals surface area contributed by atoms with Crippen molar-refractivity contribution in [3.63, 3.8) is 0 Å². The van der Waals surface area contributed by atoms with Gasteiger partial charge in [0.05, 0.1) is 0 Å². The van der Waals surface area contributed by atoms with Gasteiger partial charge >= 0.3 is 12.0 Å². The van der Waals surface area contributed by atoms with Gasteiger partial charge in [-0.2, -0.15) is 0 Å². The Bertz CT molecular complexity index is 325. The van der Waals surface area contributed by atoms with Crippen LogP contribution >= 0.6 is 0 Å². The number of hydrogen-bond acceptors (Lipinski definition) is 3. The van der Waals surface area contributed by atoms with E-state index in [9.17, 15) is 14.7 Å². The van der Waals surface area contributed by atoms with Gasteiger partial charge in [-0.3, -0.25) is 0 Å². The summed E-state index contributed by atoms with van der Waals surface area (Å²) in [5, 5.41) is 14.4. The summed E-state index contributed by atoms with van der Waals surface area (Å²) in [5.74, 6) is -0.248. The Morgan fingerprint density at radius 1 is 1.30 bits per heavy atom. The highest BCUT2D eigenvalue weighted by Gasteiger charge is 2.36. The average molecular weight is 286 g/mol. The van der Waals surface area contributed by atoms with Crippen molar-refractivity contribution in [1.82, 2.24) is 10.6 Å². The summed E-state index contributed by atoms with van der Waals surface area (Å²) >= 11 is 0. The second-order valence-corrected chi connectivity index (χ2v) is 5.35. The summed E-state index contributed by atoms with van der Waals surface area (Å²) in [6, 6.07) is -0.432. The molecule has 1 aliphatic rings. The minimum absolute atomic E-state index is 0.358. The maximum absolute atomic E-state index is 11.7. The molecule has 6 heteroatoms. The van der Waals surface area contributed by atoms with E-state index in [1.807, 2.05) is 0 Å². The number of rotatable bonds is 10. The highest BCUT2D eigenvalue weighted by molar-refractivity contribution is 5.86. The lowest BCUT2D eigenvalue weighted by molar-refractivity contribution is -0.144. The van der Waals surface area contributed by atoms with Crippen molar-refractivity contribution in [3.05, 3.63) is 0 Å². The first kappa shape index (κ1) is 16.8. The fraction of sp³-hybridized carbons (Fsp3) is 0.857. The molecule has 1 rings (SSSR count). The topological polar surface area (TPSA) is 87.7 Å². The highest BCUT2D eigenvalue weighted by Crippen LogP contribution is 2.28. The third-order valence-electron chi connectivity index (χ3n) is 3.77. The average Bonchev–Trinajstić information content (AvgIpc) is 3.23. The number of nitrogens with one attached hydrogen (secondary N) is 2. The van der Waals surface area contributed by atoms with E-state index in [-0.39, 0.29) is 0 Å². The summed E-state index contributed by atoms with van der Waals surface area (Å²) in [6.45, 7) is 5.44. The number of carbonyl (C=O) groups is 2. The lowest BCUT2D eigenvalue weighted by Gasteiger charge is -2.28. The van der Waals surface area contributed by atoms with Gasteiger partial charge in [0.2, 0.25) is 0 Å². The first-order valence-corrected chi connectivity index (χ1v) is 7.41. The number of ether oxygens (including phenoxy) is 1. The van der Waals surface area contributed by atoms with Crippen molar-refractivity contribution in [2.45, 2.75) is 51.5 Å². The van der Waals surface area contributed by atoms with Crippen LogP contribution in [0.4, 0.5) is 4.79 Å². The van der Waals surface area contributed by atoms with E-state index in [1.165, 1.54) is 12.8 Å². The predicted octanol–water partition coefficient (Wildman–Crippen LogP) is 1.75. The van der Waals surface area contributed by atoms with Crippen molar-refractivity contribution in [3.8, 4) is 0 Å². The van der Waals surface area contributed by atoms with Crippen LogP contribution in [0, 0.1) is 5.92 Å². The van der Waals surface area contributed by atoms with Gasteiger partial charge in [-0.05, 0) is 38.0 Å². The van der Waals surface area contributed by atoms with E-state index in [1.54, 1.807) is 13.8 Å². The lowest BCUT2D eigenvalue weighted by Crippen LogP contribution is -2.56. The molecule has 1 aliphatic carbocycles. The van der Waals surface area contributed by atoms with Crippen molar-refractivity contribution in [2.24, 2.45) is 5.92 Å². The largest absolute Gasteiger partial charge is 0.480 e. The van der Waals surface area contributed by atoms with Crippen LogP contribution in [0.3, 0.4) is 0 Å². The van der Waals surface area contributed by atoms with Crippen molar-refractivity contribution in [2.75, 3.05) is 19.8 Å². The molecule has 0 saturated heterocycles. The van der Waals surface area contributed by atoms with Crippen LogP contribution < -0.4 is 10.6 Å². The second kappa shape index (κ2) is 8.09.